The summed E-state index contributed by atoms with van der Waals surface area (Å²) in [4.78, 5) is 12.0. The highest BCUT2D eigenvalue weighted by molar-refractivity contribution is 7.90. The summed E-state index contributed by atoms with van der Waals surface area (Å²) in [5, 5.41) is 0. The van der Waals surface area contributed by atoms with Crippen LogP contribution in [0.1, 0.15) is 59.3 Å². The van der Waals surface area contributed by atoms with Crippen molar-refractivity contribution in [3.63, 3.8) is 0 Å². The normalized spacial score (nSPS) is 25.3. The van der Waals surface area contributed by atoms with E-state index in [4.69, 9.17) is 0 Å². The maximum absolute atomic E-state index is 12.0. The third kappa shape index (κ3) is 6.07. The van der Waals surface area contributed by atoms with Crippen LogP contribution in [-0.4, -0.2) is 26.2 Å². The summed E-state index contributed by atoms with van der Waals surface area (Å²) in [5.41, 5.74) is 0.338. The first-order chi connectivity index (χ1) is 8.59. The summed E-state index contributed by atoms with van der Waals surface area (Å²) in [6.45, 7) is 6.81. The quantitative estimate of drug-likeness (QED) is 0.780. The second-order valence-corrected chi connectivity index (χ2v) is 9.37. The van der Waals surface area contributed by atoms with Gasteiger partial charge in [-0.15, -0.1) is 0 Å². The highest BCUT2D eigenvalue weighted by atomic mass is 32.2. The lowest BCUT2D eigenvalue weighted by Gasteiger charge is -2.36. The Morgan fingerprint density at radius 2 is 1.63 bits per heavy atom. The van der Waals surface area contributed by atoms with Gasteiger partial charge in [0.25, 0.3) is 0 Å². The Morgan fingerprint density at radius 1 is 1.11 bits per heavy atom. The molecule has 0 heterocycles. The molecule has 1 fully saturated rings. The van der Waals surface area contributed by atoms with Gasteiger partial charge in [-0.2, -0.15) is 0 Å². The zero-order valence-corrected chi connectivity index (χ0v) is 13.6. The van der Waals surface area contributed by atoms with Crippen molar-refractivity contribution >= 4 is 15.6 Å². The maximum atomic E-state index is 12.0. The monoisotopic (exact) mass is 288 g/mol. The first kappa shape index (κ1) is 16.7. The van der Waals surface area contributed by atoms with E-state index in [0.717, 1.165) is 25.7 Å². The molecule has 0 saturated heterocycles. The zero-order chi connectivity index (χ0) is 14.7. The smallest absolute Gasteiger partial charge is 0.147 e. The lowest BCUT2D eigenvalue weighted by atomic mass is 9.69. The Hall–Kier alpha value is -0.380. The van der Waals surface area contributed by atoms with Crippen molar-refractivity contribution < 1.29 is 13.2 Å². The number of sulfone groups is 1. The molecule has 3 nitrogen and oxygen atoms in total. The van der Waals surface area contributed by atoms with Crippen molar-refractivity contribution in [2.24, 2.45) is 17.3 Å². The van der Waals surface area contributed by atoms with Crippen LogP contribution < -0.4 is 0 Å². The summed E-state index contributed by atoms with van der Waals surface area (Å²) >= 11 is 0. The van der Waals surface area contributed by atoms with Crippen molar-refractivity contribution in [1.29, 1.82) is 0 Å². The predicted molar refractivity (Wildman–Crippen MR) is 78.9 cm³/mol. The first-order valence-corrected chi connectivity index (χ1v) is 9.36. The first-order valence-electron chi connectivity index (χ1n) is 7.30. The number of carbonyl (C=O) groups is 1. The van der Waals surface area contributed by atoms with Gasteiger partial charge in [0.15, 0.2) is 0 Å². The molecule has 0 radical (unpaired) electrons. The molecular formula is C15H28O3S. The molecule has 4 heteroatoms. The molecule has 0 bridgehead atoms. The minimum atomic E-state index is -2.93. The molecule has 19 heavy (non-hydrogen) atoms. The number of rotatable bonds is 5. The number of hydrogen-bond acceptors (Lipinski definition) is 3. The van der Waals surface area contributed by atoms with E-state index in [0.29, 0.717) is 24.2 Å². The molecule has 0 spiro atoms. The topological polar surface area (TPSA) is 51.2 Å². The fourth-order valence-corrected chi connectivity index (χ4v) is 3.66. The standard InChI is InChI=1S/C15H28O3S/c1-15(2,3)13-9-7-12(8-10-13)14(16)6-5-11-19(4,17)18/h12-13H,5-11H2,1-4H3. The molecule has 0 amide bonds. The second-order valence-electron chi connectivity index (χ2n) is 7.11. The van der Waals surface area contributed by atoms with E-state index in [1.54, 1.807) is 0 Å². The molecule has 0 aromatic carbocycles. The second kappa shape index (κ2) is 6.38. The van der Waals surface area contributed by atoms with Crippen LogP contribution >= 0.6 is 0 Å². The molecule has 1 aliphatic rings. The van der Waals surface area contributed by atoms with Crippen molar-refractivity contribution in [2.45, 2.75) is 59.3 Å². The predicted octanol–water partition coefficient (Wildman–Crippen LogP) is 3.23. The van der Waals surface area contributed by atoms with E-state index in [9.17, 15) is 13.2 Å². The number of Topliss-reactive ketones (excluding diaryl/α,β-unsaturated/α-hetero) is 1. The molecule has 1 saturated carbocycles. The highest BCUT2D eigenvalue weighted by Gasteiger charge is 2.31. The van der Waals surface area contributed by atoms with Gasteiger partial charge < -0.3 is 0 Å². The van der Waals surface area contributed by atoms with Crippen LogP contribution in [0.2, 0.25) is 0 Å². The van der Waals surface area contributed by atoms with Gasteiger partial charge >= 0.3 is 0 Å². The Kier molecular flexibility index (Phi) is 5.60. The van der Waals surface area contributed by atoms with Gasteiger partial charge in [-0.1, -0.05) is 20.8 Å². The molecule has 0 aromatic heterocycles. The molecule has 1 aliphatic carbocycles. The number of carbonyl (C=O) groups excluding carboxylic acids is 1. The Morgan fingerprint density at radius 3 is 2.05 bits per heavy atom. The Labute approximate surface area is 118 Å². The average Bonchev–Trinajstić information content (AvgIpc) is 2.26. The fourth-order valence-electron chi connectivity index (χ4n) is 2.99. The van der Waals surface area contributed by atoms with Gasteiger partial charge in [0.1, 0.15) is 15.6 Å². The Balaban J connectivity index is 2.33. The third-order valence-corrected chi connectivity index (χ3v) is 5.38. The molecule has 0 N–H and O–H groups in total. The summed E-state index contributed by atoms with van der Waals surface area (Å²) in [7, 11) is -2.93. The molecule has 0 unspecified atom stereocenters. The van der Waals surface area contributed by atoms with E-state index < -0.39 is 9.84 Å². The molecule has 1 rings (SSSR count). The zero-order valence-electron chi connectivity index (χ0n) is 12.7. The largest absolute Gasteiger partial charge is 0.299 e. The minimum Gasteiger partial charge on any atom is -0.299 e. The SMILES string of the molecule is CC(C)(C)C1CCC(C(=O)CCCS(C)(=O)=O)CC1. The van der Waals surface area contributed by atoms with Crippen LogP contribution in [0.3, 0.4) is 0 Å². The summed E-state index contributed by atoms with van der Waals surface area (Å²) in [6, 6.07) is 0. The van der Waals surface area contributed by atoms with Crippen LogP contribution in [0, 0.1) is 17.3 Å². The van der Waals surface area contributed by atoms with Gasteiger partial charge in [0, 0.05) is 18.6 Å². The van der Waals surface area contributed by atoms with E-state index in [-0.39, 0.29) is 17.5 Å². The molecule has 0 atom stereocenters. The van der Waals surface area contributed by atoms with Crippen LogP contribution in [0.25, 0.3) is 0 Å². The molecule has 0 aromatic rings. The van der Waals surface area contributed by atoms with Crippen LogP contribution in [0.4, 0.5) is 0 Å². The van der Waals surface area contributed by atoms with Crippen LogP contribution in [-0.2, 0) is 14.6 Å². The maximum Gasteiger partial charge on any atom is 0.147 e. The van der Waals surface area contributed by atoms with Gasteiger partial charge in [-0.3, -0.25) is 4.79 Å². The average molecular weight is 288 g/mol. The lowest BCUT2D eigenvalue weighted by Crippen LogP contribution is -2.29. The Bertz CT molecular complexity index is 396. The van der Waals surface area contributed by atoms with E-state index in [2.05, 4.69) is 20.8 Å². The van der Waals surface area contributed by atoms with E-state index in [1.165, 1.54) is 6.26 Å². The van der Waals surface area contributed by atoms with Crippen LogP contribution in [0.15, 0.2) is 0 Å². The summed E-state index contributed by atoms with van der Waals surface area (Å²) in [5.74, 6) is 1.30. The lowest BCUT2D eigenvalue weighted by molar-refractivity contribution is -0.124. The van der Waals surface area contributed by atoms with Gasteiger partial charge in [-0.05, 0) is 43.4 Å². The van der Waals surface area contributed by atoms with E-state index in [1.807, 2.05) is 0 Å². The molecule has 0 aliphatic heterocycles. The van der Waals surface area contributed by atoms with Crippen molar-refractivity contribution in [2.75, 3.05) is 12.0 Å². The summed E-state index contributed by atoms with van der Waals surface area (Å²) < 4.78 is 22.1. The van der Waals surface area contributed by atoms with Crippen molar-refractivity contribution in [3.8, 4) is 0 Å². The fraction of sp³-hybridized carbons (Fsp3) is 0.933. The van der Waals surface area contributed by atoms with Gasteiger partial charge in [0.2, 0.25) is 0 Å². The van der Waals surface area contributed by atoms with Gasteiger partial charge in [-0.25, -0.2) is 8.42 Å². The van der Waals surface area contributed by atoms with Crippen molar-refractivity contribution in [3.05, 3.63) is 0 Å². The van der Waals surface area contributed by atoms with Crippen LogP contribution in [0.5, 0.6) is 0 Å². The van der Waals surface area contributed by atoms with E-state index >= 15 is 0 Å². The summed E-state index contributed by atoms with van der Waals surface area (Å²) in [6.07, 6.45) is 6.37. The number of ketones is 1. The third-order valence-electron chi connectivity index (χ3n) is 4.35. The molecular weight excluding hydrogens is 260 g/mol. The van der Waals surface area contributed by atoms with Gasteiger partial charge in [0.05, 0.1) is 5.75 Å². The minimum absolute atomic E-state index is 0.135. The molecule has 112 valence electrons. The van der Waals surface area contributed by atoms with Crippen molar-refractivity contribution in [1.82, 2.24) is 0 Å². The number of hydrogen-bond donors (Lipinski definition) is 0. The highest BCUT2D eigenvalue weighted by Crippen LogP contribution is 2.40.